The average Bonchev–Trinajstić information content (AvgIpc) is 3.09. The highest BCUT2D eigenvalue weighted by molar-refractivity contribution is 7.89. The second kappa shape index (κ2) is 8.42. The van der Waals surface area contributed by atoms with Gasteiger partial charge in [-0.3, -0.25) is 4.79 Å². The fraction of sp³-hybridized carbons (Fsp3) is 0.562. The van der Waals surface area contributed by atoms with Crippen molar-refractivity contribution < 1.29 is 18.3 Å². The van der Waals surface area contributed by atoms with Gasteiger partial charge < -0.3 is 10.4 Å². The van der Waals surface area contributed by atoms with Crippen LogP contribution in [0.3, 0.4) is 0 Å². The molecule has 0 aliphatic carbocycles. The number of aliphatic hydroxyl groups is 1. The molecule has 23 heavy (non-hydrogen) atoms. The molecular formula is C16H24N2O4S. The molecule has 0 bridgehead atoms. The van der Waals surface area contributed by atoms with Crippen LogP contribution in [-0.2, 0) is 21.2 Å². The fourth-order valence-electron chi connectivity index (χ4n) is 2.56. The van der Waals surface area contributed by atoms with Crippen molar-refractivity contribution in [3.8, 4) is 0 Å². The molecule has 1 aromatic carbocycles. The lowest BCUT2D eigenvalue weighted by molar-refractivity contribution is -0.121. The van der Waals surface area contributed by atoms with E-state index in [4.69, 9.17) is 5.11 Å². The van der Waals surface area contributed by atoms with E-state index >= 15 is 0 Å². The molecule has 0 unspecified atom stereocenters. The Kier molecular flexibility index (Phi) is 6.56. The molecule has 128 valence electrons. The van der Waals surface area contributed by atoms with Gasteiger partial charge in [-0.1, -0.05) is 12.1 Å². The summed E-state index contributed by atoms with van der Waals surface area (Å²) >= 11 is 0. The van der Waals surface area contributed by atoms with Gasteiger partial charge in [0.05, 0.1) is 4.90 Å². The Morgan fingerprint density at radius 3 is 2.43 bits per heavy atom. The first-order valence-corrected chi connectivity index (χ1v) is 9.44. The van der Waals surface area contributed by atoms with Gasteiger partial charge in [-0.05, 0) is 43.4 Å². The zero-order chi connectivity index (χ0) is 16.7. The smallest absolute Gasteiger partial charge is 0.243 e. The summed E-state index contributed by atoms with van der Waals surface area (Å²) < 4.78 is 26.3. The van der Waals surface area contributed by atoms with Gasteiger partial charge in [0.1, 0.15) is 0 Å². The van der Waals surface area contributed by atoms with Crippen LogP contribution in [0.4, 0.5) is 0 Å². The number of carbonyl (C=O) groups excluding carboxylic acids is 1. The maximum Gasteiger partial charge on any atom is 0.243 e. The Morgan fingerprint density at radius 1 is 1.17 bits per heavy atom. The quantitative estimate of drug-likeness (QED) is 0.689. The summed E-state index contributed by atoms with van der Waals surface area (Å²) in [5, 5.41) is 11.4. The second-order valence-electron chi connectivity index (χ2n) is 5.68. The minimum Gasteiger partial charge on any atom is -0.396 e. The van der Waals surface area contributed by atoms with Crippen molar-refractivity contribution in [2.75, 3.05) is 26.2 Å². The predicted octanol–water partition coefficient (Wildman–Crippen LogP) is 0.902. The van der Waals surface area contributed by atoms with Crippen molar-refractivity contribution in [1.82, 2.24) is 9.62 Å². The molecule has 2 N–H and O–H groups in total. The number of aliphatic hydroxyl groups excluding tert-OH is 1. The summed E-state index contributed by atoms with van der Waals surface area (Å²) in [5.74, 6) is -0.0628. The molecule has 0 radical (unpaired) electrons. The summed E-state index contributed by atoms with van der Waals surface area (Å²) in [6, 6.07) is 6.77. The number of sulfonamides is 1. The first-order valence-electron chi connectivity index (χ1n) is 8.00. The molecule has 1 aromatic rings. The number of hydrogen-bond donors (Lipinski definition) is 2. The van der Waals surface area contributed by atoms with Crippen LogP contribution in [0.1, 0.15) is 31.2 Å². The van der Waals surface area contributed by atoms with Gasteiger partial charge in [-0.2, -0.15) is 4.31 Å². The van der Waals surface area contributed by atoms with Gasteiger partial charge in [0.25, 0.3) is 0 Å². The highest BCUT2D eigenvalue weighted by atomic mass is 32.2. The molecule has 7 heteroatoms. The molecule has 1 saturated heterocycles. The third kappa shape index (κ3) is 5.02. The van der Waals surface area contributed by atoms with Gasteiger partial charge in [0.15, 0.2) is 0 Å². The maximum absolute atomic E-state index is 12.4. The lowest BCUT2D eigenvalue weighted by atomic mass is 10.1. The number of benzene rings is 1. The van der Waals surface area contributed by atoms with E-state index in [1.165, 1.54) is 4.31 Å². The van der Waals surface area contributed by atoms with Crippen LogP contribution in [0.5, 0.6) is 0 Å². The number of rotatable bonds is 8. The molecule has 0 spiro atoms. The molecule has 1 amide bonds. The van der Waals surface area contributed by atoms with E-state index in [-0.39, 0.29) is 12.5 Å². The molecule has 2 rings (SSSR count). The maximum atomic E-state index is 12.4. The minimum absolute atomic E-state index is 0.0627. The Hall–Kier alpha value is -1.44. The van der Waals surface area contributed by atoms with Gasteiger partial charge in [0.2, 0.25) is 15.9 Å². The first kappa shape index (κ1) is 17.9. The summed E-state index contributed by atoms with van der Waals surface area (Å²) in [6.45, 7) is 1.73. The van der Waals surface area contributed by atoms with Crippen molar-refractivity contribution in [2.24, 2.45) is 0 Å². The van der Waals surface area contributed by atoms with E-state index in [1.54, 1.807) is 24.3 Å². The van der Waals surface area contributed by atoms with Crippen LogP contribution in [-0.4, -0.2) is 50.0 Å². The van der Waals surface area contributed by atoms with Gasteiger partial charge in [-0.25, -0.2) is 8.42 Å². The Morgan fingerprint density at radius 2 is 1.83 bits per heavy atom. The van der Waals surface area contributed by atoms with E-state index in [0.29, 0.717) is 43.8 Å². The van der Waals surface area contributed by atoms with Crippen molar-refractivity contribution in [3.05, 3.63) is 29.8 Å². The summed E-state index contributed by atoms with van der Waals surface area (Å²) in [7, 11) is -3.37. The third-order valence-corrected chi connectivity index (χ3v) is 5.84. The van der Waals surface area contributed by atoms with Crippen LogP contribution in [0.2, 0.25) is 0 Å². The lowest BCUT2D eigenvalue weighted by Crippen LogP contribution is -2.27. The summed E-state index contributed by atoms with van der Waals surface area (Å²) in [6.07, 6.45) is 3.30. The molecular weight excluding hydrogens is 316 g/mol. The van der Waals surface area contributed by atoms with Crippen molar-refractivity contribution in [3.63, 3.8) is 0 Å². The number of aryl methyl sites for hydroxylation is 1. The van der Waals surface area contributed by atoms with E-state index in [1.807, 2.05) is 0 Å². The van der Waals surface area contributed by atoms with Gasteiger partial charge in [0, 0.05) is 32.7 Å². The SMILES string of the molecule is O=C(CCc1ccc(S(=O)(=O)N2CCCC2)cc1)NCCCO. The van der Waals surface area contributed by atoms with Crippen LogP contribution in [0.25, 0.3) is 0 Å². The second-order valence-corrected chi connectivity index (χ2v) is 7.62. The molecule has 1 fully saturated rings. The van der Waals surface area contributed by atoms with E-state index in [2.05, 4.69) is 5.32 Å². The molecule has 1 aliphatic rings. The molecule has 0 atom stereocenters. The van der Waals surface area contributed by atoms with Gasteiger partial charge >= 0.3 is 0 Å². The van der Waals surface area contributed by atoms with Crippen LogP contribution in [0.15, 0.2) is 29.2 Å². The number of hydrogen-bond acceptors (Lipinski definition) is 4. The van der Waals surface area contributed by atoms with E-state index < -0.39 is 10.0 Å². The standard InChI is InChI=1S/C16H24N2O4S/c19-13-3-10-17-16(20)9-6-14-4-7-15(8-5-14)23(21,22)18-11-1-2-12-18/h4-5,7-8,19H,1-3,6,9-13H2,(H,17,20). The number of carbonyl (C=O) groups is 1. The Balaban J connectivity index is 1.88. The van der Waals surface area contributed by atoms with Crippen LogP contribution < -0.4 is 5.32 Å². The summed E-state index contributed by atoms with van der Waals surface area (Å²) in [4.78, 5) is 11.9. The normalized spacial score (nSPS) is 15.7. The van der Waals surface area contributed by atoms with E-state index in [9.17, 15) is 13.2 Å². The van der Waals surface area contributed by atoms with Crippen LogP contribution >= 0.6 is 0 Å². The highest BCUT2D eigenvalue weighted by Gasteiger charge is 2.26. The zero-order valence-electron chi connectivity index (χ0n) is 13.2. The Labute approximate surface area is 137 Å². The van der Waals surface area contributed by atoms with Crippen molar-refractivity contribution in [2.45, 2.75) is 37.0 Å². The third-order valence-electron chi connectivity index (χ3n) is 3.92. The number of nitrogens with one attached hydrogen (secondary N) is 1. The fourth-order valence-corrected chi connectivity index (χ4v) is 4.08. The molecule has 0 saturated carbocycles. The molecule has 6 nitrogen and oxygen atoms in total. The lowest BCUT2D eigenvalue weighted by Gasteiger charge is -2.15. The predicted molar refractivity (Wildman–Crippen MR) is 87.5 cm³/mol. The zero-order valence-corrected chi connectivity index (χ0v) is 14.0. The van der Waals surface area contributed by atoms with Crippen LogP contribution in [0, 0.1) is 0 Å². The topological polar surface area (TPSA) is 86.7 Å². The molecule has 1 heterocycles. The monoisotopic (exact) mass is 340 g/mol. The average molecular weight is 340 g/mol. The first-order chi connectivity index (χ1) is 11.0. The van der Waals surface area contributed by atoms with Gasteiger partial charge in [-0.15, -0.1) is 0 Å². The van der Waals surface area contributed by atoms with E-state index in [0.717, 1.165) is 18.4 Å². The number of amides is 1. The highest BCUT2D eigenvalue weighted by Crippen LogP contribution is 2.21. The Bertz CT molecular complexity index is 607. The minimum atomic E-state index is -3.37. The summed E-state index contributed by atoms with van der Waals surface area (Å²) in [5.41, 5.74) is 0.933. The largest absolute Gasteiger partial charge is 0.396 e. The molecule has 0 aromatic heterocycles. The van der Waals surface area contributed by atoms with Crippen molar-refractivity contribution >= 4 is 15.9 Å². The number of nitrogens with zero attached hydrogens (tertiary/aromatic N) is 1. The molecule has 1 aliphatic heterocycles. The van der Waals surface area contributed by atoms with Crippen molar-refractivity contribution in [1.29, 1.82) is 0 Å².